The van der Waals surface area contributed by atoms with Crippen molar-refractivity contribution in [2.45, 2.75) is 31.2 Å². The van der Waals surface area contributed by atoms with Crippen LogP contribution >= 0.6 is 0 Å². The van der Waals surface area contributed by atoms with Crippen molar-refractivity contribution >= 4 is 11.5 Å². The van der Waals surface area contributed by atoms with E-state index in [1.165, 1.54) is 6.20 Å². The van der Waals surface area contributed by atoms with Gasteiger partial charge in [-0.05, 0) is 19.9 Å². The maximum absolute atomic E-state index is 14.5. The van der Waals surface area contributed by atoms with Gasteiger partial charge < -0.3 is 15.7 Å². The lowest BCUT2D eigenvalue weighted by Crippen LogP contribution is -2.40. The van der Waals surface area contributed by atoms with Crippen molar-refractivity contribution in [3.8, 4) is 11.4 Å². The van der Waals surface area contributed by atoms with Crippen LogP contribution < -0.4 is 10.6 Å². The van der Waals surface area contributed by atoms with Gasteiger partial charge in [0, 0.05) is 24.8 Å². The van der Waals surface area contributed by atoms with Gasteiger partial charge in [-0.15, -0.1) is 0 Å². The van der Waals surface area contributed by atoms with Crippen molar-refractivity contribution in [3.63, 3.8) is 0 Å². The van der Waals surface area contributed by atoms with Gasteiger partial charge in [0.25, 0.3) is 0 Å². The maximum atomic E-state index is 14.5. The van der Waals surface area contributed by atoms with Crippen molar-refractivity contribution in [1.29, 1.82) is 0 Å². The number of anilines is 1. The van der Waals surface area contributed by atoms with Gasteiger partial charge in [-0.25, -0.2) is 18.7 Å². The molecule has 0 radical (unpaired) electrons. The fourth-order valence-electron chi connectivity index (χ4n) is 3.18. The first kappa shape index (κ1) is 20.4. The Hall–Kier alpha value is -2.86. The molecule has 2 unspecified atom stereocenters. The van der Waals surface area contributed by atoms with Gasteiger partial charge in [0.2, 0.25) is 5.60 Å². The summed E-state index contributed by atoms with van der Waals surface area (Å²) in [7, 11) is 0. The molecule has 0 amide bonds. The highest BCUT2D eigenvalue weighted by atomic mass is 19.4. The van der Waals surface area contributed by atoms with Gasteiger partial charge in [-0.3, -0.25) is 9.38 Å². The van der Waals surface area contributed by atoms with E-state index < -0.39 is 29.1 Å². The molecule has 1 aliphatic heterocycles. The summed E-state index contributed by atoms with van der Waals surface area (Å²) in [5.41, 5.74) is -4.16. The molecule has 3 aromatic rings. The van der Waals surface area contributed by atoms with Crippen LogP contribution in [0.3, 0.4) is 0 Å². The lowest BCUT2D eigenvalue weighted by molar-refractivity contribution is -0.260. The Bertz CT molecular complexity index is 1090. The summed E-state index contributed by atoms with van der Waals surface area (Å²) in [6, 6.07) is 0.561. The average Bonchev–Trinajstić information content (AvgIpc) is 3.32. The van der Waals surface area contributed by atoms with E-state index in [0.29, 0.717) is 19.5 Å². The molecule has 4 rings (SSSR count). The average molecular weight is 428 g/mol. The van der Waals surface area contributed by atoms with Gasteiger partial charge in [0.15, 0.2) is 23.1 Å². The molecule has 4 heterocycles. The highest BCUT2D eigenvalue weighted by Gasteiger charge is 2.52. The Labute approximate surface area is 167 Å². The molecule has 3 N–H and O–H groups in total. The topological polar surface area (TPSA) is 87.4 Å². The Morgan fingerprint density at radius 2 is 1.97 bits per heavy atom. The molecule has 3 aromatic heterocycles. The first-order chi connectivity index (χ1) is 14.1. The predicted octanol–water partition coefficient (Wildman–Crippen LogP) is 2.61. The van der Waals surface area contributed by atoms with Crippen molar-refractivity contribution in [2.24, 2.45) is 0 Å². The highest BCUT2D eigenvalue weighted by Crippen LogP contribution is 2.38. The summed E-state index contributed by atoms with van der Waals surface area (Å²) >= 11 is 0. The maximum Gasteiger partial charge on any atom is 0.422 e. The summed E-state index contributed by atoms with van der Waals surface area (Å²) in [4.78, 5) is 11.6. The van der Waals surface area contributed by atoms with E-state index in [-0.39, 0.29) is 28.9 Å². The molecule has 0 aromatic carbocycles. The molecular formula is C18H17F5N6O. The largest absolute Gasteiger partial charge is 0.422 e. The molecule has 0 spiro atoms. The van der Waals surface area contributed by atoms with Crippen LogP contribution in [-0.4, -0.2) is 49.8 Å². The molecule has 12 heteroatoms. The number of pyridine rings is 1. The summed E-state index contributed by atoms with van der Waals surface area (Å²) in [5.74, 6) is -2.07. The summed E-state index contributed by atoms with van der Waals surface area (Å²) in [6.07, 6.45) is -1.15. The third-order valence-electron chi connectivity index (χ3n) is 5.02. The molecule has 1 saturated heterocycles. The molecule has 7 nitrogen and oxygen atoms in total. The first-order valence-corrected chi connectivity index (χ1v) is 9.04. The van der Waals surface area contributed by atoms with E-state index in [9.17, 15) is 27.1 Å². The lowest BCUT2D eigenvalue weighted by Gasteiger charge is -2.25. The van der Waals surface area contributed by atoms with Gasteiger partial charge in [0.1, 0.15) is 5.69 Å². The number of alkyl halides is 3. The summed E-state index contributed by atoms with van der Waals surface area (Å²) in [6.45, 7) is 1.90. The van der Waals surface area contributed by atoms with E-state index in [1.54, 1.807) is 0 Å². The quantitative estimate of drug-likeness (QED) is 0.554. The third-order valence-corrected chi connectivity index (χ3v) is 5.02. The molecule has 0 aliphatic carbocycles. The van der Waals surface area contributed by atoms with Crippen molar-refractivity contribution in [2.75, 3.05) is 18.4 Å². The van der Waals surface area contributed by atoms with E-state index in [1.807, 2.05) is 0 Å². The molecule has 1 fully saturated rings. The van der Waals surface area contributed by atoms with Crippen LogP contribution in [0.1, 0.15) is 19.0 Å². The lowest BCUT2D eigenvalue weighted by atomic mass is 10.0. The Kier molecular flexibility index (Phi) is 4.85. The minimum absolute atomic E-state index is 0.0169. The molecule has 30 heavy (non-hydrogen) atoms. The number of rotatable bonds is 4. The van der Waals surface area contributed by atoms with Gasteiger partial charge in [-0.1, -0.05) is 0 Å². The standard InChI is InChI=1S/C18H17F5N6O/c1-17(30,18(21,22)23)13-8-29-12(6-26-14(29)7-25-13)15-10(19)4-11(20)16(28-15)27-9-2-3-24-5-9/h4,6-9,24,30H,2-3,5H2,1H3,(H,27,28). The van der Waals surface area contributed by atoms with Crippen LogP contribution in [0.4, 0.5) is 27.8 Å². The second kappa shape index (κ2) is 7.13. The fraction of sp³-hybridized carbons (Fsp3) is 0.389. The molecular weight excluding hydrogens is 411 g/mol. The molecule has 2 atom stereocenters. The number of imidazole rings is 1. The number of nitrogens with zero attached hydrogens (tertiary/aromatic N) is 4. The summed E-state index contributed by atoms with van der Waals surface area (Å²) in [5, 5.41) is 15.9. The number of fused-ring (bicyclic) bond motifs is 1. The summed E-state index contributed by atoms with van der Waals surface area (Å²) < 4.78 is 69.4. The van der Waals surface area contributed by atoms with Crippen molar-refractivity contribution in [1.82, 2.24) is 24.7 Å². The highest BCUT2D eigenvalue weighted by molar-refractivity contribution is 5.62. The Morgan fingerprint density at radius 3 is 2.63 bits per heavy atom. The molecule has 1 aliphatic rings. The van der Waals surface area contributed by atoms with Crippen LogP contribution in [0.15, 0.2) is 24.7 Å². The molecule has 160 valence electrons. The zero-order valence-corrected chi connectivity index (χ0v) is 15.6. The second-order valence-corrected chi connectivity index (χ2v) is 7.20. The number of aliphatic hydroxyl groups is 1. The van der Waals surface area contributed by atoms with Crippen molar-refractivity contribution < 1.29 is 27.1 Å². The smallest absolute Gasteiger partial charge is 0.375 e. The van der Waals surface area contributed by atoms with Gasteiger partial charge >= 0.3 is 6.18 Å². The van der Waals surface area contributed by atoms with Crippen LogP contribution in [0.2, 0.25) is 0 Å². The molecule has 0 saturated carbocycles. The van der Waals surface area contributed by atoms with E-state index >= 15 is 0 Å². The van der Waals surface area contributed by atoms with E-state index in [0.717, 1.165) is 29.8 Å². The SMILES string of the molecule is CC(O)(c1cn2c(-c3nc(NC4CCNC4)c(F)cc3F)cnc2cn1)C(F)(F)F. The predicted molar refractivity (Wildman–Crippen MR) is 96.7 cm³/mol. The van der Waals surface area contributed by atoms with Crippen LogP contribution in [0.25, 0.3) is 17.0 Å². The minimum atomic E-state index is -4.99. The second-order valence-electron chi connectivity index (χ2n) is 7.20. The van der Waals surface area contributed by atoms with E-state index in [4.69, 9.17) is 0 Å². The Balaban J connectivity index is 1.80. The monoisotopic (exact) mass is 428 g/mol. The van der Waals surface area contributed by atoms with Gasteiger partial charge in [0.05, 0.1) is 23.8 Å². The number of hydrogen-bond donors (Lipinski definition) is 3. The fourth-order valence-corrected chi connectivity index (χ4v) is 3.18. The Morgan fingerprint density at radius 1 is 1.20 bits per heavy atom. The number of aromatic nitrogens is 4. The van der Waals surface area contributed by atoms with Crippen LogP contribution in [0, 0.1) is 11.6 Å². The third kappa shape index (κ3) is 3.45. The molecule has 0 bridgehead atoms. The first-order valence-electron chi connectivity index (χ1n) is 9.04. The van der Waals surface area contributed by atoms with Gasteiger partial charge in [-0.2, -0.15) is 13.2 Å². The van der Waals surface area contributed by atoms with E-state index in [2.05, 4.69) is 25.6 Å². The zero-order valence-electron chi connectivity index (χ0n) is 15.6. The zero-order chi connectivity index (χ0) is 21.7. The van der Waals surface area contributed by atoms with Crippen LogP contribution in [-0.2, 0) is 5.60 Å². The number of halogens is 5. The van der Waals surface area contributed by atoms with Crippen molar-refractivity contribution in [3.05, 3.63) is 42.0 Å². The number of hydrogen-bond acceptors (Lipinski definition) is 6. The number of nitrogens with one attached hydrogen (secondary N) is 2. The van der Waals surface area contributed by atoms with Crippen LogP contribution in [0.5, 0.6) is 0 Å². The normalized spacial score (nSPS) is 19.2. The minimum Gasteiger partial charge on any atom is -0.375 e.